The maximum Gasteiger partial charge on any atom is 0.410 e. The molecule has 9 rings (SSSR count). The third kappa shape index (κ3) is 29.2. The number of aromatic amines is 9. The van der Waals surface area contributed by atoms with E-state index in [0.29, 0.717) is 34.2 Å². The van der Waals surface area contributed by atoms with Crippen molar-refractivity contribution in [2.24, 2.45) is 17.2 Å². The Kier molecular flexibility index (Phi) is 32.6. The molecule has 470 valence electrons. The molecule has 0 aliphatic carbocycles. The fraction of sp³-hybridized carbons (Fsp3) is 0.257. The molecule has 0 saturated carbocycles. The van der Waals surface area contributed by atoms with Crippen LogP contribution in [0.25, 0.3) is 0 Å². The van der Waals surface area contributed by atoms with Gasteiger partial charge in [0.1, 0.15) is 28.9 Å². The van der Waals surface area contributed by atoms with Crippen LogP contribution in [0, 0.1) is 0 Å². The van der Waals surface area contributed by atoms with Crippen molar-refractivity contribution >= 4 is 69.2 Å². The zero-order valence-corrected chi connectivity index (χ0v) is 44.8. The highest BCUT2D eigenvalue weighted by Gasteiger charge is 2.24. The number of nitrogens with two attached hydrogens (primary N) is 3. The van der Waals surface area contributed by atoms with E-state index in [1.807, 2.05) is 15.7 Å². The Morgan fingerprint density at radius 3 is 1.34 bits per heavy atom. The molecule has 9 aromatic heterocycles. The van der Waals surface area contributed by atoms with E-state index < -0.39 is 75.0 Å². The summed E-state index contributed by atoms with van der Waals surface area (Å²) in [6.07, 6.45) is 6.95. The zero-order valence-electron chi connectivity index (χ0n) is 44.0. The number of carboxylic acids is 3. The van der Waals surface area contributed by atoms with Crippen molar-refractivity contribution in [3.05, 3.63) is 94.1 Å². The first-order valence-corrected chi connectivity index (χ1v) is 24.0. The van der Waals surface area contributed by atoms with Crippen LogP contribution in [-0.4, -0.2) is 260 Å². The number of sulfonamides is 1. The van der Waals surface area contributed by atoms with E-state index in [-0.39, 0.29) is 62.3 Å². The number of aliphatic hydroxyl groups is 5. The van der Waals surface area contributed by atoms with Crippen LogP contribution in [-0.2, 0) is 57.1 Å². The van der Waals surface area contributed by atoms with Gasteiger partial charge >= 0.3 is 24.0 Å². The Labute approximate surface area is 479 Å². The molecule has 87 heavy (non-hydrogen) atoms. The first-order valence-electron chi connectivity index (χ1n) is 22.2. The van der Waals surface area contributed by atoms with Crippen LogP contribution in [0.3, 0.4) is 0 Å². The number of ketones is 1. The number of aromatic nitrogens is 27. The van der Waals surface area contributed by atoms with Crippen LogP contribution < -0.4 is 26.8 Å². The van der Waals surface area contributed by atoms with E-state index in [0.717, 1.165) is 10.6 Å². The van der Waals surface area contributed by atoms with Gasteiger partial charge in [-0.25, -0.2) is 27.6 Å². The SMILES string of the molecule is CN(c1n[nH]nc1C(=O)O)S(C)(=O)=O.NC(=O)Cc1cn[nH]n1.NC(=O)c1cn[nH]n1.NC(=O)c1n[nH]nc1C(=O)O.O=C(O)C(=O)Cc1cn[nH]n1.O=C(O)Nc1cn[nH]n1.OCC(O)c1cn[nH]n1.OCc1cn[nH]n1.OCc1n[nH]nc1CO. The van der Waals surface area contributed by atoms with E-state index in [2.05, 4.69) is 128 Å². The number of aliphatic hydroxyl groups excluding tert-OH is 5. The second-order valence-electron chi connectivity index (χ2n) is 14.4. The minimum Gasteiger partial charge on any atom is -0.476 e. The highest BCUT2D eigenvalue weighted by atomic mass is 32.2. The number of aromatic carboxylic acids is 2. The minimum atomic E-state index is -3.53. The molecule has 0 aromatic carbocycles. The van der Waals surface area contributed by atoms with Crippen molar-refractivity contribution in [3.8, 4) is 0 Å². The van der Waals surface area contributed by atoms with Gasteiger partial charge in [-0.2, -0.15) is 113 Å². The van der Waals surface area contributed by atoms with Gasteiger partial charge in [-0.15, -0.1) is 25.5 Å². The summed E-state index contributed by atoms with van der Waals surface area (Å²) in [7, 11) is -2.34. The molecule has 4 amide bonds. The molecule has 1 atom stereocenters. The molecule has 0 aliphatic heterocycles. The van der Waals surface area contributed by atoms with Gasteiger partial charge in [-0.05, 0) is 0 Å². The first kappa shape index (κ1) is 72.6. The Morgan fingerprint density at radius 2 is 0.989 bits per heavy atom. The molecule has 0 bridgehead atoms. The maximum absolute atomic E-state index is 11.1. The van der Waals surface area contributed by atoms with Gasteiger partial charge in [0.25, 0.3) is 11.8 Å². The van der Waals surface area contributed by atoms with E-state index >= 15 is 0 Å². The third-order valence-corrected chi connectivity index (χ3v) is 9.44. The van der Waals surface area contributed by atoms with Crippen molar-refractivity contribution in [3.63, 3.8) is 0 Å². The Balaban J connectivity index is 0.000000492. The van der Waals surface area contributed by atoms with Crippen molar-refractivity contribution in [2.45, 2.75) is 38.8 Å². The number of nitrogens with zero attached hydrogens (tertiary/aromatic N) is 19. The second-order valence-corrected chi connectivity index (χ2v) is 16.5. The predicted molar refractivity (Wildman–Crippen MR) is 272 cm³/mol. The quantitative estimate of drug-likeness (QED) is 0.0377. The number of Topliss-reactive ketones (excluding diaryl/α,β-unsaturated/α-hetero) is 1. The van der Waals surface area contributed by atoms with E-state index in [1.54, 1.807) is 0 Å². The summed E-state index contributed by atoms with van der Waals surface area (Å²) >= 11 is 0. The minimum absolute atomic E-state index is 0.0451. The topological polar surface area (TPSA) is 820 Å². The summed E-state index contributed by atoms with van der Waals surface area (Å²) in [5.41, 5.74) is 16.0. The molecular formula is C35H50N32O19S. The molecule has 1 unspecified atom stereocenters. The number of H-pyrrole nitrogens is 9. The van der Waals surface area contributed by atoms with Crippen LogP contribution in [0.2, 0.25) is 0 Å². The summed E-state index contributed by atoms with van der Waals surface area (Å²) in [6.45, 7) is -0.748. The van der Waals surface area contributed by atoms with Gasteiger partial charge in [-0.3, -0.25) is 28.8 Å². The normalized spacial score (nSPS) is 10.1. The molecule has 0 saturated heterocycles. The molecule has 52 heteroatoms. The fourth-order valence-corrected chi connectivity index (χ4v) is 4.76. The molecule has 0 radical (unpaired) electrons. The highest BCUT2D eigenvalue weighted by molar-refractivity contribution is 7.92. The molecule has 51 nitrogen and oxygen atoms in total. The number of primary amides is 3. The van der Waals surface area contributed by atoms with Gasteiger partial charge in [0.2, 0.25) is 33.1 Å². The van der Waals surface area contributed by atoms with Crippen LogP contribution >= 0.6 is 0 Å². The van der Waals surface area contributed by atoms with Crippen molar-refractivity contribution < 1.29 is 92.7 Å². The van der Waals surface area contributed by atoms with Gasteiger partial charge < -0.3 is 63.2 Å². The van der Waals surface area contributed by atoms with Crippen LogP contribution in [0.5, 0.6) is 0 Å². The lowest BCUT2D eigenvalue weighted by atomic mass is 10.2. The maximum atomic E-state index is 11.1. The lowest BCUT2D eigenvalue weighted by Crippen LogP contribution is -2.26. The summed E-state index contributed by atoms with van der Waals surface area (Å²) in [5, 5.41) is 160. The number of carbonyl (C=O) groups excluding carboxylic acids is 4. The Hall–Kier alpha value is -12.4. The molecule has 0 spiro atoms. The van der Waals surface area contributed by atoms with Crippen LogP contribution in [0.15, 0.2) is 37.2 Å². The second kappa shape index (κ2) is 39.1. The summed E-state index contributed by atoms with van der Waals surface area (Å²) < 4.78 is 22.8. The van der Waals surface area contributed by atoms with E-state index in [9.17, 15) is 46.8 Å². The Bertz CT molecular complexity index is 3400. The van der Waals surface area contributed by atoms with Crippen molar-refractivity contribution in [1.82, 2.24) is 139 Å². The van der Waals surface area contributed by atoms with Gasteiger partial charge in [0, 0.05) is 7.05 Å². The average Bonchev–Trinajstić information content (AvgIpc) is 4.54. The summed E-state index contributed by atoms with van der Waals surface area (Å²) in [6, 6.07) is 0. The fourth-order valence-electron chi connectivity index (χ4n) is 4.32. The number of aliphatic carboxylic acids is 1. The van der Waals surface area contributed by atoms with E-state index in [4.69, 9.17) is 63.2 Å². The number of amides is 4. The average molecular weight is 1260 g/mol. The number of hydrogen-bond acceptors (Lipinski definition) is 33. The van der Waals surface area contributed by atoms with Crippen LogP contribution in [0.4, 0.5) is 16.4 Å². The standard InChI is InChI=1S/C5H8N4O4S.C5H5N3O3.C4H4N4O3.C4H6N4O.2C4H7N3O2.C3H4N4O2.C3H4N4O.C3H5N3O/c1-9(14(2,12)13)4-3(5(10)11)6-8-7-4;9-4(5(10)11)1-3-2-6-8-7-3;5-3(9)1-2(4(10)11)7-8-6-1;5-4(9)1-3-2-6-8-7-3;8-1-3-4(2-9)6-7-5-3;8-2-4(9)3-1-5-7-6-3;8-3(9)5-2-1-4-7-6-2;4-3(8)2-1-5-7-6-2;7-2-3-1-4-6-5-3/h1-2H3,(H,10,11)(H,6,7,8);2H,1H2,(H,10,11)(H,6,7,8);(H2,5,9)(H,10,11)(H,6,7,8);2H,1H2,(H2,5,9)(H,6,7,8);8-9H,1-2H2,(H,5,6,7);1,4,8-9H,2H2,(H,5,6,7);1H,(H,8,9)(H2,4,5,6,7);1H,(H2,4,8)(H,5,6,7);1,7H,2H2,(H,4,5,6). The predicted octanol–water partition coefficient (Wildman–Crippen LogP) is -8.95. The zero-order chi connectivity index (χ0) is 65.5. The smallest absolute Gasteiger partial charge is 0.410 e. The Morgan fingerprint density at radius 1 is 0.529 bits per heavy atom. The highest BCUT2D eigenvalue weighted by Crippen LogP contribution is 2.15. The molecule has 9 heterocycles. The summed E-state index contributed by atoms with van der Waals surface area (Å²) in [4.78, 5) is 82.0. The van der Waals surface area contributed by atoms with Crippen molar-refractivity contribution in [1.29, 1.82) is 0 Å². The summed E-state index contributed by atoms with van der Waals surface area (Å²) in [5.74, 6) is -6.95. The lowest BCUT2D eigenvalue weighted by Gasteiger charge is -2.12. The first-order chi connectivity index (χ1) is 41.2. The number of anilines is 2. The number of carbonyl (C=O) groups is 8. The monoisotopic (exact) mass is 1250 g/mol. The van der Waals surface area contributed by atoms with Gasteiger partial charge in [0.15, 0.2) is 23.0 Å². The lowest BCUT2D eigenvalue weighted by molar-refractivity contribution is -0.148. The number of hydrogen-bond donors (Lipinski definition) is 22. The largest absolute Gasteiger partial charge is 0.476 e. The third-order valence-electron chi connectivity index (χ3n) is 8.27. The van der Waals surface area contributed by atoms with E-state index in [1.165, 1.54) is 44.2 Å². The van der Waals surface area contributed by atoms with Crippen LogP contribution in [0.1, 0.15) is 82.2 Å². The van der Waals surface area contributed by atoms with Gasteiger partial charge in [-0.1, -0.05) is 0 Å². The van der Waals surface area contributed by atoms with Gasteiger partial charge in [0.05, 0.1) is 94.1 Å². The molecule has 0 aliphatic rings. The van der Waals surface area contributed by atoms with Crippen molar-refractivity contribution in [2.75, 3.05) is 29.5 Å². The molecule has 25 N–H and O–H groups in total. The number of rotatable bonds is 17. The molecule has 0 fully saturated rings. The number of carboxylic acid groups (broad SMARTS) is 4. The molecule has 9 aromatic rings. The molecular weight excluding hydrogens is 1200 g/mol. The number of nitrogens with one attached hydrogen (secondary N) is 10.